The number of nitrogens with one attached hydrogen (secondary N) is 1. The molecule has 29 heavy (non-hydrogen) atoms. The van der Waals surface area contributed by atoms with E-state index in [1.54, 1.807) is 29.2 Å². The summed E-state index contributed by atoms with van der Waals surface area (Å²) in [7, 11) is 0. The lowest BCUT2D eigenvalue weighted by Crippen LogP contribution is -2.44. The molecule has 0 bridgehead atoms. The van der Waals surface area contributed by atoms with Crippen molar-refractivity contribution >= 4 is 11.9 Å². The minimum absolute atomic E-state index is 0.134. The van der Waals surface area contributed by atoms with Crippen molar-refractivity contribution in [1.82, 2.24) is 10.2 Å². The van der Waals surface area contributed by atoms with Gasteiger partial charge in [-0.1, -0.05) is 19.1 Å². The van der Waals surface area contributed by atoms with Crippen molar-refractivity contribution in [2.24, 2.45) is 5.73 Å². The summed E-state index contributed by atoms with van der Waals surface area (Å²) in [6.45, 7) is 2.51. The second-order valence-corrected chi connectivity index (χ2v) is 7.09. The molecule has 3 amide bonds. The van der Waals surface area contributed by atoms with Crippen LogP contribution in [0.15, 0.2) is 47.4 Å². The van der Waals surface area contributed by atoms with Crippen LogP contribution in [0.1, 0.15) is 37.3 Å². The molecule has 7 nitrogen and oxygen atoms in total. The van der Waals surface area contributed by atoms with Crippen LogP contribution in [0.25, 0.3) is 0 Å². The van der Waals surface area contributed by atoms with E-state index >= 15 is 4.39 Å². The molecule has 0 radical (unpaired) electrons. The van der Waals surface area contributed by atoms with Gasteiger partial charge in [0, 0.05) is 25.9 Å². The van der Waals surface area contributed by atoms with E-state index in [2.05, 4.69) is 5.32 Å². The highest BCUT2D eigenvalue weighted by Gasteiger charge is 2.38. The third-order valence-corrected chi connectivity index (χ3v) is 5.35. The number of nitrogens with zero attached hydrogens (tertiary/aromatic N) is 2. The zero-order chi connectivity index (χ0) is 21.0. The number of halogens is 1. The summed E-state index contributed by atoms with van der Waals surface area (Å²) in [6.07, 6.45) is 2.24. The Labute approximate surface area is 168 Å². The smallest absolute Gasteiger partial charge is 0.316 e. The van der Waals surface area contributed by atoms with Gasteiger partial charge in [-0.2, -0.15) is 5.26 Å². The van der Waals surface area contributed by atoms with Crippen LogP contribution >= 0.6 is 0 Å². The molecule has 0 atom stereocenters. The van der Waals surface area contributed by atoms with Gasteiger partial charge in [0.2, 0.25) is 0 Å². The van der Waals surface area contributed by atoms with Crippen molar-refractivity contribution in [1.29, 1.82) is 5.26 Å². The minimum atomic E-state index is -1.54. The number of urea groups is 1. The minimum Gasteiger partial charge on any atom is -0.494 e. The molecule has 3 rings (SSSR count). The number of hydrogen-bond acceptors (Lipinski definition) is 4. The van der Waals surface area contributed by atoms with Gasteiger partial charge in [-0.25, -0.2) is 9.18 Å². The maximum atomic E-state index is 15.4. The number of nitrogens with two attached hydrogens (primary N) is 1. The Kier molecular flexibility index (Phi) is 5.87. The first-order valence-corrected chi connectivity index (χ1v) is 9.47. The lowest BCUT2D eigenvalue weighted by Gasteiger charge is -2.37. The Morgan fingerprint density at radius 2 is 1.97 bits per heavy atom. The Balaban J connectivity index is 1.72. The first-order valence-electron chi connectivity index (χ1n) is 9.47. The Bertz CT molecular complexity index is 907. The van der Waals surface area contributed by atoms with Gasteiger partial charge in [0.05, 0.1) is 29.2 Å². The summed E-state index contributed by atoms with van der Waals surface area (Å²) in [5.41, 5.74) is 6.15. The molecular weight excluding hydrogens is 375 g/mol. The van der Waals surface area contributed by atoms with Crippen molar-refractivity contribution in [3.8, 4) is 6.07 Å². The van der Waals surface area contributed by atoms with E-state index in [0.29, 0.717) is 34.4 Å². The van der Waals surface area contributed by atoms with Crippen LogP contribution < -0.4 is 11.1 Å². The molecule has 0 aliphatic carbocycles. The molecule has 1 aromatic rings. The summed E-state index contributed by atoms with van der Waals surface area (Å²) in [6, 6.07) is 7.77. The highest BCUT2D eigenvalue weighted by molar-refractivity contribution is 5.98. The van der Waals surface area contributed by atoms with E-state index in [-0.39, 0.29) is 38.4 Å². The number of carbonyl (C=O) groups is 2. The fraction of sp³-hybridized carbons (Fsp3) is 0.381. The largest absolute Gasteiger partial charge is 0.494 e. The third kappa shape index (κ3) is 4.24. The molecule has 1 fully saturated rings. The summed E-state index contributed by atoms with van der Waals surface area (Å²) in [4.78, 5) is 25.8. The van der Waals surface area contributed by atoms with E-state index in [4.69, 9.17) is 15.7 Å². The van der Waals surface area contributed by atoms with E-state index in [1.807, 2.05) is 13.0 Å². The molecule has 0 unspecified atom stereocenters. The normalized spacial score (nSPS) is 18.4. The molecule has 8 heteroatoms. The van der Waals surface area contributed by atoms with E-state index < -0.39 is 11.7 Å². The number of benzene rings is 1. The summed E-state index contributed by atoms with van der Waals surface area (Å²) in [5, 5.41) is 11.4. The van der Waals surface area contributed by atoms with Crippen molar-refractivity contribution in [2.75, 3.05) is 19.7 Å². The van der Waals surface area contributed by atoms with Crippen LogP contribution in [0.2, 0.25) is 0 Å². The van der Waals surface area contributed by atoms with Gasteiger partial charge in [-0.05, 0) is 29.7 Å². The van der Waals surface area contributed by atoms with Crippen LogP contribution in [0.3, 0.4) is 0 Å². The van der Waals surface area contributed by atoms with Gasteiger partial charge in [0.25, 0.3) is 5.91 Å². The van der Waals surface area contributed by atoms with Crippen LogP contribution in [0.4, 0.5) is 9.18 Å². The fourth-order valence-corrected chi connectivity index (χ4v) is 3.74. The standard InChI is InChI=1S/C21H23FN4O3/c1-2-16-17(12-29-13-18(16)25-20(24)28)19(27)26-9-7-21(22,8-10-26)15-5-3-14(11-23)4-6-15/h3-6,12H,2,7-10,13H2,1H3,(H3,24,25,28). The first kappa shape index (κ1) is 20.4. The molecule has 2 aliphatic heterocycles. The molecule has 3 N–H and O–H groups in total. The van der Waals surface area contributed by atoms with Crippen LogP contribution in [0.5, 0.6) is 0 Å². The van der Waals surface area contributed by atoms with Gasteiger partial charge >= 0.3 is 6.03 Å². The Hall–Kier alpha value is -3.34. The zero-order valence-corrected chi connectivity index (χ0v) is 16.2. The molecule has 0 aromatic heterocycles. The number of amides is 3. The highest BCUT2D eigenvalue weighted by atomic mass is 19.1. The number of nitriles is 1. The number of likely N-dealkylation sites (tertiary alicyclic amines) is 1. The molecule has 152 valence electrons. The summed E-state index contributed by atoms with van der Waals surface area (Å²) < 4.78 is 20.8. The van der Waals surface area contributed by atoms with Gasteiger partial charge in [-0.3, -0.25) is 4.79 Å². The number of piperidine rings is 1. The Morgan fingerprint density at radius 1 is 1.31 bits per heavy atom. The zero-order valence-electron chi connectivity index (χ0n) is 16.2. The average Bonchev–Trinajstić information content (AvgIpc) is 2.73. The maximum absolute atomic E-state index is 15.4. The molecule has 1 aromatic carbocycles. The van der Waals surface area contributed by atoms with Gasteiger partial charge in [0.1, 0.15) is 12.3 Å². The number of ether oxygens (including phenoxy) is 1. The first-order chi connectivity index (χ1) is 13.9. The maximum Gasteiger partial charge on any atom is 0.316 e. The second kappa shape index (κ2) is 8.35. The molecule has 2 heterocycles. The monoisotopic (exact) mass is 398 g/mol. The predicted molar refractivity (Wildman–Crippen MR) is 104 cm³/mol. The number of primary amides is 1. The van der Waals surface area contributed by atoms with E-state index in [0.717, 1.165) is 0 Å². The van der Waals surface area contributed by atoms with Crippen LogP contribution in [-0.2, 0) is 15.2 Å². The van der Waals surface area contributed by atoms with Crippen molar-refractivity contribution in [3.05, 3.63) is 58.5 Å². The highest BCUT2D eigenvalue weighted by Crippen LogP contribution is 2.38. The van der Waals surface area contributed by atoms with Gasteiger partial charge < -0.3 is 20.7 Å². The van der Waals surface area contributed by atoms with Crippen molar-refractivity contribution < 1.29 is 18.7 Å². The number of hydrogen-bond donors (Lipinski definition) is 2. The lowest BCUT2D eigenvalue weighted by molar-refractivity contribution is -0.129. The quantitative estimate of drug-likeness (QED) is 0.812. The fourth-order valence-electron chi connectivity index (χ4n) is 3.74. The average molecular weight is 398 g/mol. The van der Waals surface area contributed by atoms with Crippen molar-refractivity contribution in [2.45, 2.75) is 31.9 Å². The topological polar surface area (TPSA) is 108 Å². The van der Waals surface area contributed by atoms with E-state index in [1.165, 1.54) is 6.26 Å². The molecule has 0 spiro atoms. The molecule has 1 saturated heterocycles. The summed E-state index contributed by atoms with van der Waals surface area (Å²) in [5.74, 6) is -0.257. The van der Waals surface area contributed by atoms with Gasteiger partial charge in [0.15, 0.2) is 0 Å². The predicted octanol–water partition coefficient (Wildman–Crippen LogP) is 2.59. The molecular formula is C21H23FN4O3. The van der Waals surface area contributed by atoms with Crippen LogP contribution in [-0.4, -0.2) is 36.5 Å². The number of rotatable bonds is 4. The SMILES string of the molecule is CCC1=C(NC(N)=O)COC=C1C(=O)N1CCC(F)(c2ccc(C#N)cc2)CC1. The van der Waals surface area contributed by atoms with E-state index in [9.17, 15) is 9.59 Å². The molecule has 2 aliphatic rings. The lowest BCUT2D eigenvalue weighted by atomic mass is 9.85. The summed E-state index contributed by atoms with van der Waals surface area (Å²) >= 11 is 0. The number of carbonyl (C=O) groups excluding carboxylic acids is 2. The van der Waals surface area contributed by atoms with Gasteiger partial charge in [-0.15, -0.1) is 0 Å². The number of alkyl halides is 1. The van der Waals surface area contributed by atoms with Crippen molar-refractivity contribution in [3.63, 3.8) is 0 Å². The molecule has 0 saturated carbocycles. The Morgan fingerprint density at radius 3 is 2.52 bits per heavy atom. The third-order valence-electron chi connectivity index (χ3n) is 5.35. The second-order valence-electron chi connectivity index (χ2n) is 7.09. The van der Waals surface area contributed by atoms with Crippen LogP contribution in [0, 0.1) is 11.3 Å².